The first-order valence-corrected chi connectivity index (χ1v) is 15.2. The van der Waals surface area contributed by atoms with Gasteiger partial charge in [0.2, 0.25) is 5.97 Å². The van der Waals surface area contributed by atoms with E-state index in [4.69, 9.17) is 24.6 Å². The van der Waals surface area contributed by atoms with Crippen LogP contribution in [0.2, 0.25) is 0 Å². The summed E-state index contributed by atoms with van der Waals surface area (Å²) in [6, 6.07) is 0. The Bertz CT molecular complexity index is 494. The molecular formula is C16H32I2O11P2U4. The Morgan fingerprint density at radius 2 is 1.14 bits per heavy atom. The number of aliphatic hydroxyl groups is 1. The van der Waals surface area contributed by atoms with E-state index in [1.165, 1.54) is 21.3 Å². The molecular weight excluding hydrogens is 1640 g/mol. The molecule has 19 heteroatoms. The summed E-state index contributed by atoms with van der Waals surface area (Å²) in [6.45, 7) is 15.5. The van der Waals surface area contributed by atoms with Crippen LogP contribution in [0.1, 0.15) is 0 Å². The summed E-state index contributed by atoms with van der Waals surface area (Å²) in [5.41, 5.74) is 0.259. The number of hydrogen-bond acceptors (Lipinski definition) is 11. The van der Waals surface area contributed by atoms with E-state index in [2.05, 4.69) is 78.1 Å². The number of carbonyl (C=O) groups excluding carboxylic acids is 4. The van der Waals surface area contributed by atoms with Crippen molar-refractivity contribution in [1.82, 2.24) is 0 Å². The first-order valence-electron chi connectivity index (χ1n) is 6.86. The molecule has 0 fully saturated rings. The fourth-order valence-electron chi connectivity index (χ4n) is 0.437. The summed E-state index contributed by atoms with van der Waals surface area (Å²) in [4.78, 5) is 61.5. The van der Waals surface area contributed by atoms with Gasteiger partial charge in [-0.3, -0.25) is 0 Å². The molecule has 35 heavy (non-hydrogen) atoms. The second-order valence-electron chi connectivity index (χ2n) is 3.94. The summed E-state index contributed by atoms with van der Waals surface area (Å²) in [7, 11) is 0.450. The van der Waals surface area contributed by atoms with Crippen molar-refractivity contribution in [1.29, 1.82) is 0 Å². The van der Waals surface area contributed by atoms with Crippen LogP contribution < -0.4 is 0 Å². The number of rotatable bonds is 4. The molecule has 0 aromatic heterocycles. The number of esters is 3. The summed E-state index contributed by atoms with van der Waals surface area (Å²) >= 11 is 4.24. The summed E-state index contributed by atoms with van der Waals surface area (Å²) < 4.78 is 12.6. The number of halogens is 2. The van der Waals surface area contributed by atoms with E-state index in [-0.39, 0.29) is 152 Å². The molecule has 0 aliphatic carbocycles. The van der Waals surface area contributed by atoms with E-state index < -0.39 is 25.9 Å². The zero-order valence-corrected chi connectivity index (χ0v) is 43.2. The monoisotopic (exact) mass is 1670 g/mol. The van der Waals surface area contributed by atoms with E-state index in [1.54, 1.807) is 0 Å². The maximum absolute atomic E-state index is 10.3. The third-order valence-electron chi connectivity index (χ3n) is 1.51. The molecule has 0 aliphatic heterocycles. The molecule has 0 rings (SSSR count). The molecule has 0 saturated heterocycles. The number of ether oxygens (including phenoxy) is 3. The number of aliphatic hydroxyl groups excluding tert-OH is 1. The molecule has 0 radical (unpaired) electrons. The minimum atomic E-state index is -3.39. The van der Waals surface area contributed by atoms with Crippen LogP contribution in [0, 0.1) is 131 Å². The standard InChI is InChI=1S/C5H8O3.C5H7O2.C4H6O2.CH6O3P.CH2O.I2.H3P.4U/c1-4(3-6)5(7)8-2;1-4(2)5(6)7-3;1-3-4(5)6-2;1-5(2,3)4;2*1-2;;;;;/h6H,1,3H2,2H3;1-2H2,3H3;3H,1H2,2H3;2-4H,1H3;1H2;;1H3;;;;/q;-1;;+1;;;;;;;. The van der Waals surface area contributed by atoms with E-state index in [9.17, 15) is 14.4 Å². The van der Waals surface area contributed by atoms with Crippen LogP contribution in [-0.2, 0) is 33.4 Å². The van der Waals surface area contributed by atoms with Crippen molar-refractivity contribution in [2.75, 3.05) is 34.6 Å². The van der Waals surface area contributed by atoms with Gasteiger partial charge >= 0.3 is 19.9 Å². The van der Waals surface area contributed by atoms with Crippen LogP contribution in [0.4, 0.5) is 0 Å². The molecule has 0 aromatic rings. The molecule has 0 amide bonds. The Hall–Kier alpha value is 3.54. The van der Waals surface area contributed by atoms with Gasteiger partial charge in [0.25, 0.3) is 0 Å². The topological polar surface area (TPSA) is 177 Å². The minimum Gasteiger partial charge on any atom is -0.523 e. The average molecular weight is 1670 g/mol. The molecule has 11 nitrogen and oxygen atoms in total. The minimum absolute atomic E-state index is 0. The van der Waals surface area contributed by atoms with Crippen LogP contribution in [0.3, 0.4) is 0 Å². The van der Waals surface area contributed by atoms with E-state index in [0.29, 0.717) is 0 Å². The Labute approximate surface area is 330 Å². The number of carbonyl (C=O) groups is 4. The normalized spacial score (nSPS) is 6.57. The predicted octanol–water partition coefficient (Wildman–Crippen LogP) is 1.60. The van der Waals surface area contributed by atoms with Gasteiger partial charge in [-0.15, -0.1) is 5.57 Å². The van der Waals surface area contributed by atoms with Crippen LogP contribution >= 0.6 is 55.1 Å². The third-order valence-corrected chi connectivity index (χ3v) is 1.51. The van der Waals surface area contributed by atoms with Gasteiger partial charge in [0, 0.05) is 168 Å². The maximum Gasteiger partial charge on any atom is 0.400 e. The second kappa shape index (κ2) is 57.4. The summed E-state index contributed by atoms with van der Waals surface area (Å²) in [6.07, 6.45) is 1.11. The van der Waals surface area contributed by atoms with Crippen molar-refractivity contribution in [3.8, 4) is 0 Å². The second-order valence-corrected chi connectivity index (χ2v) is 5.68. The fourth-order valence-corrected chi connectivity index (χ4v) is 0.437. The van der Waals surface area contributed by atoms with Gasteiger partial charge in [-0.25, -0.2) is 9.59 Å². The van der Waals surface area contributed by atoms with Gasteiger partial charge in [0.15, 0.2) is 0 Å². The van der Waals surface area contributed by atoms with Gasteiger partial charge in [-0.05, 0) is 0 Å². The Morgan fingerprint density at radius 3 is 1.17 bits per heavy atom. The average Bonchev–Trinajstić information content (AvgIpc) is 2.73. The van der Waals surface area contributed by atoms with Crippen LogP contribution in [0.25, 0.3) is 0 Å². The van der Waals surface area contributed by atoms with Gasteiger partial charge in [-0.2, -0.15) is 38.1 Å². The quantitative estimate of drug-likeness (QED) is 0.0804. The first-order chi connectivity index (χ1) is 13.7. The van der Waals surface area contributed by atoms with Crippen LogP contribution in [-0.4, -0.2) is 79.1 Å². The summed E-state index contributed by atoms with van der Waals surface area (Å²) in [5, 5.41) is 8.24. The molecule has 0 aliphatic rings. The van der Waals surface area contributed by atoms with E-state index >= 15 is 0 Å². The van der Waals surface area contributed by atoms with E-state index in [0.717, 1.165) is 12.7 Å². The smallest absolute Gasteiger partial charge is 0.400 e. The van der Waals surface area contributed by atoms with Crippen molar-refractivity contribution < 1.29 is 178 Å². The molecule has 0 spiro atoms. The third kappa shape index (κ3) is 102. The SMILES string of the molecule is C=C(CO)C(=O)OC.C=C([CH2-])C(=O)OC.C=CC(=O)OC.C=O.C[P+](O)(O)O.II.P.[U].[U].[U].[U]. The van der Waals surface area contributed by atoms with Crippen LogP contribution in [0.15, 0.2) is 37.0 Å². The van der Waals surface area contributed by atoms with Crippen molar-refractivity contribution in [2.24, 2.45) is 0 Å². The zero-order chi connectivity index (χ0) is 25.9. The molecule has 0 bridgehead atoms. The fraction of sp³-hybridized carbons (Fsp3) is 0.312. The van der Waals surface area contributed by atoms with Gasteiger partial charge < -0.3 is 28.9 Å². The summed E-state index contributed by atoms with van der Waals surface area (Å²) in [5.74, 6) is -1.41. The van der Waals surface area contributed by atoms with Gasteiger partial charge in [0.05, 0.1) is 33.5 Å². The molecule has 0 heterocycles. The van der Waals surface area contributed by atoms with Gasteiger partial charge in [-0.1, -0.05) is 13.2 Å². The van der Waals surface area contributed by atoms with Crippen molar-refractivity contribution in [2.45, 2.75) is 0 Å². The van der Waals surface area contributed by atoms with E-state index in [1.807, 2.05) is 6.79 Å². The first kappa shape index (κ1) is 71.6. The predicted molar refractivity (Wildman–Crippen MR) is 143 cm³/mol. The Morgan fingerprint density at radius 1 is 0.886 bits per heavy atom. The van der Waals surface area contributed by atoms with Crippen molar-refractivity contribution in [3.63, 3.8) is 0 Å². The molecule has 1 unspecified atom stereocenters. The molecule has 202 valence electrons. The Balaban J connectivity index is -0.0000000224. The molecule has 1 atom stereocenters. The van der Waals surface area contributed by atoms with Crippen LogP contribution in [0.5, 0.6) is 0 Å². The van der Waals surface area contributed by atoms with Crippen molar-refractivity contribution >= 4 is 79.8 Å². The maximum atomic E-state index is 10.3. The molecule has 4 N–H and O–H groups in total. The molecule has 0 saturated carbocycles. The van der Waals surface area contributed by atoms with Gasteiger partial charge in [0.1, 0.15) is 13.5 Å². The Kier molecular flexibility index (Phi) is 118. The molecule has 0 aromatic carbocycles. The number of hydrogen-bond donors (Lipinski definition) is 4. The zero-order valence-electron chi connectivity index (χ0n) is 19.9. The van der Waals surface area contributed by atoms with Crippen molar-refractivity contribution in [3.05, 3.63) is 43.9 Å². The number of methoxy groups -OCH3 is 3. The largest absolute Gasteiger partial charge is 0.523 e.